The summed E-state index contributed by atoms with van der Waals surface area (Å²) >= 11 is 6.08. The van der Waals surface area contributed by atoms with E-state index in [0.717, 1.165) is 19.3 Å². The van der Waals surface area contributed by atoms with Crippen LogP contribution in [0.15, 0.2) is 30.4 Å². The quantitative estimate of drug-likeness (QED) is 0.751. The number of urea groups is 1. The molecular weight excluding hydrogens is 290 g/mol. The number of hydrogen-bond donors (Lipinski definition) is 3. The van der Waals surface area contributed by atoms with Gasteiger partial charge >= 0.3 is 6.03 Å². The van der Waals surface area contributed by atoms with Gasteiger partial charge in [0, 0.05) is 18.7 Å². The molecule has 112 valence electrons. The summed E-state index contributed by atoms with van der Waals surface area (Å²) in [5.41, 5.74) is 0.922. The van der Waals surface area contributed by atoms with Gasteiger partial charge in [-0.1, -0.05) is 23.8 Å². The van der Waals surface area contributed by atoms with E-state index >= 15 is 0 Å². The largest absolute Gasteiger partial charge is 0.355 e. The molecule has 0 aromatic heterocycles. The number of allylic oxidation sites excluding steroid dienone is 1. The number of hydrogen-bond acceptors (Lipinski definition) is 2. The summed E-state index contributed by atoms with van der Waals surface area (Å²) in [6.45, 7) is 0. The highest BCUT2D eigenvalue weighted by molar-refractivity contribution is 6.34. The van der Waals surface area contributed by atoms with Crippen molar-refractivity contribution in [3.8, 4) is 0 Å². The zero-order valence-electron chi connectivity index (χ0n) is 11.8. The minimum atomic E-state index is -0.304. The number of anilines is 1. The fraction of sp³-hybridized carbons (Fsp3) is 0.333. The Balaban J connectivity index is 1.98. The molecular formula is C15H18ClN3O2. The maximum Gasteiger partial charge on any atom is 0.319 e. The van der Waals surface area contributed by atoms with Gasteiger partial charge in [-0.25, -0.2) is 4.79 Å². The first-order valence-corrected chi connectivity index (χ1v) is 7.24. The van der Waals surface area contributed by atoms with Gasteiger partial charge in [-0.15, -0.1) is 0 Å². The maximum absolute atomic E-state index is 11.9. The average Bonchev–Trinajstić information content (AvgIpc) is 2.49. The van der Waals surface area contributed by atoms with Gasteiger partial charge in [0.15, 0.2) is 0 Å². The van der Waals surface area contributed by atoms with E-state index in [1.807, 2.05) is 6.08 Å². The molecule has 0 saturated carbocycles. The van der Waals surface area contributed by atoms with E-state index in [2.05, 4.69) is 22.0 Å². The first kappa shape index (κ1) is 15.4. The molecule has 1 aliphatic carbocycles. The van der Waals surface area contributed by atoms with Crippen molar-refractivity contribution < 1.29 is 9.59 Å². The van der Waals surface area contributed by atoms with Gasteiger partial charge in [0.25, 0.3) is 5.91 Å². The van der Waals surface area contributed by atoms with E-state index in [1.54, 1.807) is 19.2 Å². The summed E-state index contributed by atoms with van der Waals surface area (Å²) < 4.78 is 0. The van der Waals surface area contributed by atoms with Crippen molar-refractivity contribution in [1.29, 1.82) is 0 Å². The maximum atomic E-state index is 11.9. The lowest BCUT2D eigenvalue weighted by Gasteiger charge is -2.18. The fourth-order valence-corrected chi connectivity index (χ4v) is 2.39. The van der Waals surface area contributed by atoms with E-state index < -0.39 is 0 Å². The molecule has 0 unspecified atom stereocenters. The molecule has 3 amide bonds. The molecule has 0 spiro atoms. The van der Waals surface area contributed by atoms with Gasteiger partial charge in [0.1, 0.15) is 0 Å². The third-order valence-electron chi connectivity index (χ3n) is 3.28. The second kappa shape index (κ2) is 7.13. The SMILES string of the molecule is CNC(=O)c1ccc(NC(=O)N[C@@H]2C=CCCC2)c(Cl)c1. The van der Waals surface area contributed by atoms with Crippen LogP contribution in [0.25, 0.3) is 0 Å². The van der Waals surface area contributed by atoms with Crippen molar-refractivity contribution in [2.45, 2.75) is 25.3 Å². The normalized spacial score (nSPS) is 17.1. The van der Waals surface area contributed by atoms with E-state index in [-0.39, 0.29) is 18.0 Å². The van der Waals surface area contributed by atoms with Crippen molar-refractivity contribution >= 4 is 29.2 Å². The average molecular weight is 308 g/mol. The number of amides is 3. The van der Waals surface area contributed by atoms with Crippen LogP contribution < -0.4 is 16.0 Å². The number of benzene rings is 1. The van der Waals surface area contributed by atoms with Crippen molar-refractivity contribution in [3.63, 3.8) is 0 Å². The predicted molar refractivity (Wildman–Crippen MR) is 83.8 cm³/mol. The zero-order valence-corrected chi connectivity index (χ0v) is 12.5. The Labute approximate surface area is 128 Å². The van der Waals surface area contributed by atoms with Gasteiger partial charge in [0.05, 0.1) is 10.7 Å². The van der Waals surface area contributed by atoms with E-state index in [1.165, 1.54) is 6.07 Å². The first-order valence-electron chi connectivity index (χ1n) is 6.86. The van der Waals surface area contributed by atoms with E-state index in [9.17, 15) is 9.59 Å². The number of nitrogens with one attached hydrogen (secondary N) is 3. The van der Waals surface area contributed by atoms with Crippen molar-refractivity contribution in [3.05, 3.63) is 40.9 Å². The number of halogens is 1. The Kier molecular flexibility index (Phi) is 5.22. The Hall–Kier alpha value is -2.01. The third kappa shape index (κ3) is 4.23. The first-order chi connectivity index (χ1) is 10.1. The summed E-state index contributed by atoms with van der Waals surface area (Å²) in [5, 5.41) is 8.40. The Morgan fingerprint density at radius 2 is 2.14 bits per heavy atom. The summed E-state index contributed by atoms with van der Waals surface area (Å²) in [7, 11) is 1.55. The smallest absolute Gasteiger partial charge is 0.319 e. The number of rotatable bonds is 3. The van der Waals surface area contributed by atoms with Gasteiger partial charge in [0.2, 0.25) is 0 Å². The van der Waals surface area contributed by atoms with Crippen molar-refractivity contribution in [2.24, 2.45) is 0 Å². The van der Waals surface area contributed by atoms with Crippen LogP contribution >= 0.6 is 11.6 Å². The summed E-state index contributed by atoms with van der Waals surface area (Å²) in [5.74, 6) is -0.222. The van der Waals surface area contributed by atoms with Gasteiger partial charge in [-0.3, -0.25) is 4.79 Å². The zero-order chi connectivity index (χ0) is 15.2. The highest BCUT2D eigenvalue weighted by Crippen LogP contribution is 2.23. The minimum Gasteiger partial charge on any atom is -0.355 e. The number of carbonyl (C=O) groups excluding carboxylic acids is 2. The van der Waals surface area contributed by atoms with Crippen molar-refractivity contribution in [1.82, 2.24) is 10.6 Å². The molecule has 0 aliphatic heterocycles. The standard InChI is InChI=1S/C15H18ClN3O2/c1-17-14(20)10-7-8-13(12(16)9-10)19-15(21)18-11-5-3-2-4-6-11/h3,5,7-9,11H,2,4,6H2,1H3,(H,17,20)(H2,18,19,21)/t11-/m1/s1. The van der Waals surface area contributed by atoms with Crippen LogP contribution in [0.2, 0.25) is 5.02 Å². The minimum absolute atomic E-state index is 0.0580. The lowest BCUT2D eigenvalue weighted by Crippen LogP contribution is -2.37. The molecule has 1 atom stereocenters. The summed E-state index contributed by atoms with van der Waals surface area (Å²) in [6, 6.07) is 4.50. The molecule has 0 fully saturated rings. The van der Waals surface area contributed by atoms with Crippen LogP contribution in [-0.2, 0) is 0 Å². The molecule has 21 heavy (non-hydrogen) atoms. The Morgan fingerprint density at radius 3 is 2.76 bits per heavy atom. The van der Waals surface area contributed by atoms with Crippen LogP contribution in [0.3, 0.4) is 0 Å². The highest BCUT2D eigenvalue weighted by atomic mass is 35.5. The summed E-state index contributed by atoms with van der Waals surface area (Å²) in [6.07, 6.45) is 7.14. The lowest BCUT2D eigenvalue weighted by atomic mass is 10.0. The molecule has 5 nitrogen and oxygen atoms in total. The molecule has 0 bridgehead atoms. The van der Waals surface area contributed by atoms with Crippen molar-refractivity contribution in [2.75, 3.05) is 12.4 Å². The molecule has 3 N–H and O–H groups in total. The van der Waals surface area contributed by atoms with Crippen LogP contribution in [0.1, 0.15) is 29.6 Å². The van der Waals surface area contributed by atoms with Crippen LogP contribution in [-0.4, -0.2) is 25.0 Å². The topological polar surface area (TPSA) is 70.2 Å². The highest BCUT2D eigenvalue weighted by Gasteiger charge is 2.13. The van der Waals surface area contributed by atoms with Crippen LogP contribution in [0.4, 0.5) is 10.5 Å². The molecule has 6 heteroatoms. The van der Waals surface area contributed by atoms with Gasteiger partial charge in [-0.2, -0.15) is 0 Å². The molecule has 2 rings (SSSR count). The molecule has 0 saturated heterocycles. The third-order valence-corrected chi connectivity index (χ3v) is 3.59. The predicted octanol–water partition coefficient (Wildman–Crippen LogP) is 2.93. The lowest BCUT2D eigenvalue weighted by molar-refractivity contribution is 0.0963. The molecule has 0 radical (unpaired) electrons. The van der Waals surface area contributed by atoms with E-state index in [4.69, 9.17) is 11.6 Å². The molecule has 1 aromatic carbocycles. The monoisotopic (exact) mass is 307 g/mol. The van der Waals surface area contributed by atoms with Crippen LogP contribution in [0.5, 0.6) is 0 Å². The van der Waals surface area contributed by atoms with Crippen LogP contribution in [0, 0.1) is 0 Å². The van der Waals surface area contributed by atoms with Gasteiger partial charge < -0.3 is 16.0 Å². The van der Waals surface area contributed by atoms with Gasteiger partial charge in [-0.05, 0) is 37.5 Å². The van der Waals surface area contributed by atoms with E-state index in [0.29, 0.717) is 16.3 Å². The Bertz CT molecular complexity index is 572. The number of carbonyl (C=O) groups is 2. The second-order valence-corrected chi connectivity index (χ2v) is 5.24. The molecule has 1 aromatic rings. The summed E-state index contributed by atoms with van der Waals surface area (Å²) in [4.78, 5) is 23.4. The second-order valence-electron chi connectivity index (χ2n) is 4.84. The molecule has 0 heterocycles. The molecule has 1 aliphatic rings. The Morgan fingerprint density at radius 1 is 1.33 bits per heavy atom. The fourth-order valence-electron chi connectivity index (χ4n) is 2.16.